The zero-order valence-electron chi connectivity index (χ0n) is 14.8. The molecule has 0 radical (unpaired) electrons. The van der Waals surface area contributed by atoms with Gasteiger partial charge in [-0.25, -0.2) is 9.37 Å². The predicted octanol–water partition coefficient (Wildman–Crippen LogP) is 4.71. The van der Waals surface area contributed by atoms with Gasteiger partial charge in [-0.3, -0.25) is 14.6 Å². The van der Waals surface area contributed by atoms with Crippen LogP contribution in [-0.4, -0.2) is 21.5 Å². The van der Waals surface area contributed by atoms with Gasteiger partial charge in [-0.2, -0.15) is 0 Å². The number of thiazole rings is 1. The number of allylic oxidation sites excluding steroid dienone is 2. The number of hydrogen-bond acceptors (Lipinski definition) is 5. The van der Waals surface area contributed by atoms with Crippen LogP contribution in [0, 0.1) is 12.7 Å². The van der Waals surface area contributed by atoms with Gasteiger partial charge in [0.05, 0.1) is 11.9 Å². The van der Waals surface area contributed by atoms with Crippen molar-refractivity contribution in [2.24, 2.45) is 0 Å². The zero-order valence-corrected chi connectivity index (χ0v) is 16.4. The Hall–Kier alpha value is -2.70. The highest BCUT2D eigenvalue weighted by Crippen LogP contribution is 2.36. The first-order valence-electron chi connectivity index (χ1n) is 8.54. The lowest BCUT2D eigenvalue weighted by Crippen LogP contribution is -2.17. The van der Waals surface area contributed by atoms with Crippen LogP contribution in [-0.2, 0) is 16.0 Å². The summed E-state index contributed by atoms with van der Waals surface area (Å²) in [6, 6.07) is 10.0. The summed E-state index contributed by atoms with van der Waals surface area (Å²) < 4.78 is 13.0. The van der Waals surface area contributed by atoms with E-state index in [4.69, 9.17) is 11.6 Å². The second kappa shape index (κ2) is 7.37. The van der Waals surface area contributed by atoms with Gasteiger partial charge in [0.2, 0.25) is 0 Å². The van der Waals surface area contributed by atoms with E-state index in [2.05, 4.69) is 9.97 Å². The molecule has 1 aromatic carbocycles. The van der Waals surface area contributed by atoms with Crippen LogP contribution in [0.25, 0.3) is 10.6 Å². The Labute approximate surface area is 169 Å². The summed E-state index contributed by atoms with van der Waals surface area (Å²) in [7, 11) is 0. The number of halogens is 2. The van der Waals surface area contributed by atoms with Gasteiger partial charge in [-0.05, 0) is 37.3 Å². The fraction of sp³-hybridized carbons (Fsp3) is 0.143. The normalized spacial score (nSPS) is 16.5. The summed E-state index contributed by atoms with van der Waals surface area (Å²) in [5.74, 6) is -1.92. The first kappa shape index (κ1) is 18.7. The van der Waals surface area contributed by atoms with E-state index < -0.39 is 11.7 Å². The van der Waals surface area contributed by atoms with Crippen molar-refractivity contribution in [3.05, 3.63) is 81.3 Å². The second-order valence-electron chi connectivity index (χ2n) is 6.48. The topological polar surface area (TPSA) is 59.9 Å². The lowest BCUT2D eigenvalue weighted by molar-refractivity contribution is -0.123. The van der Waals surface area contributed by atoms with Crippen molar-refractivity contribution in [1.82, 2.24) is 9.97 Å². The van der Waals surface area contributed by atoms with Crippen molar-refractivity contribution in [1.29, 1.82) is 0 Å². The Balaban J connectivity index is 1.60. The van der Waals surface area contributed by atoms with E-state index in [-0.39, 0.29) is 18.0 Å². The summed E-state index contributed by atoms with van der Waals surface area (Å²) in [6.07, 6.45) is 2.64. The maximum absolute atomic E-state index is 13.0. The first-order valence-corrected chi connectivity index (χ1v) is 9.74. The van der Waals surface area contributed by atoms with Gasteiger partial charge in [0.15, 0.2) is 11.6 Å². The quantitative estimate of drug-likeness (QED) is 0.582. The van der Waals surface area contributed by atoms with E-state index in [1.165, 1.54) is 29.5 Å². The van der Waals surface area contributed by atoms with E-state index in [0.29, 0.717) is 22.0 Å². The Morgan fingerprint density at radius 1 is 1.14 bits per heavy atom. The van der Waals surface area contributed by atoms with Crippen LogP contribution in [0.1, 0.15) is 22.2 Å². The molecule has 1 aliphatic carbocycles. The van der Waals surface area contributed by atoms with Crippen LogP contribution in [0.2, 0.25) is 5.02 Å². The SMILES string of the molecule is Cc1sc(-c2ccc(Cl)cc2)nc1C1C(=O)C=C(Cc2ccc(F)cn2)C1=O. The molecule has 0 aliphatic heterocycles. The molecular formula is C21H14ClFN2O2S. The van der Waals surface area contributed by atoms with Gasteiger partial charge >= 0.3 is 0 Å². The summed E-state index contributed by atoms with van der Waals surface area (Å²) in [5, 5.41) is 1.36. The van der Waals surface area contributed by atoms with Crippen LogP contribution in [0.3, 0.4) is 0 Å². The van der Waals surface area contributed by atoms with E-state index >= 15 is 0 Å². The molecule has 3 aromatic rings. The van der Waals surface area contributed by atoms with Gasteiger partial charge < -0.3 is 0 Å². The molecule has 0 bridgehead atoms. The van der Waals surface area contributed by atoms with Crippen molar-refractivity contribution in [3.63, 3.8) is 0 Å². The maximum Gasteiger partial charge on any atom is 0.176 e. The van der Waals surface area contributed by atoms with Crippen LogP contribution in [0.4, 0.5) is 4.39 Å². The number of carbonyl (C=O) groups excluding carboxylic acids is 2. The minimum atomic E-state index is -0.923. The average molecular weight is 413 g/mol. The number of benzene rings is 1. The predicted molar refractivity (Wildman–Crippen MR) is 106 cm³/mol. The van der Waals surface area contributed by atoms with Gasteiger partial charge in [0.1, 0.15) is 16.7 Å². The summed E-state index contributed by atoms with van der Waals surface area (Å²) in [4.78, 5) is 34.8. The molecule has 7 heteroatoms. The standard InChI is InChI=1S/C21H14ClFN2O2S/c1-11-19(25-21(28-11)12-2-4-14(22)5-3-12)18-17(26)9-13(20(18)27)8-16-7-6-15(23)10-24-16/h2-7,9-10,18H,8H2,1H3. The van der Waals surface area contributed by atoms with Crippen molar-refractivity contribution in [2.75, 3.05) is 0 Å². The Kier molecular flexibility index (Phi) is 4.91. The van der Waals surface area contributed by atoms with Crippen molar-refractivity contribution in [3.8, 4) is 10.6 Å². The number of hydrogen-bond donors (Lipinski definition) is 0. The molecule has 1 atom stereocenters. The molecule has 1 unspecified atom stereocenters. The third kappa shape index (κ3) is 3.53. The Morgan fingerprint density at radius 3 is 2.57 bits per heavy atom. The number of carbonyl (C=O) groups is 2. The molecule has 0 saturated heterocycles. The molecule has 2 heterocycles. The third-order valence-corrected chi connectivity index (χ3v) is 5.82. The minimum Gasteiger partial charge on any atom is -0.294 e. The van der Waals surface area contributed by atoms with Gasteiger partial charge in [-0.15, -0.1) is 11.3 Å². The average Bonchev–Trinajstić information content (AvgIpc) is 3.17. The molecule has 0 N–H and O–H groups in total. The molecule has 2 aromatic heterocycles. The number of aromatic nitrogens is 2. The van der Waals surface area contributed by atoms with Crippen molar-refractivity contribution in [2.45, 2.75) is 19.3 Å². The highest BCUT2D eigenvalue weighted by molar-refractivity contribution is 7.15. The molecule has 0 spiro atoms. The maximum atomic E-state index is 13.0. The van der Waals surface area contributed by atoms with E-state index in [1.54, 1.807) is 12.1 Å². The smallest absolute Gasteiger partial charge is 0.176 e. The summed E-state index contributed by atoms with van der Waals surface area (Å²) >= 11 is 7.36. The largest absolute Gasteiger partial charge is 0.294 e. The van der Waals surface area contributed by atoms with Crippen LogP contribution >= 0.6 is 22.9 Å². The van der Waals surface area contributed by atoms with Gasteiger partial charge in [-0.1, -0.05) is 23.7 Å². The lowest BCUT2D eigenvalue weighted by Gasteiger charge is -2.07. The molecule has 4 rings (SSSR count). The van der Waals surface area contributed by atoms with Crippen molar-refractivity contribution >= 4 is 34.5 Å². The summed E-state index contributed by atoms with van der Waals surface area (Å²) in [6.45, 7) is 1.85. The zero-order chi connectivity index (χ0) is 19.8. The molecule has 0 saturated carbocycles. The number of aryl methyl sites for hydroxylation is 1. The molecule has 1 aliphatic rings. The third-order valence-electron chi connectivity index (χ3n) is 4.54. The number of Topliss-reactive ketones (excluding diaryl/α,β-unsaturated/α-hetero) is 1. The molecular weight excluding hydrogens is 399 g/mol. The highest BCUT2D eigenvalue weighted by Gasteiger charge is 2.38. The minimum absolute atomic E-state index is 0.189. The van der Waals surface area contributed by atoms with E-state index in [0.717, 1.165) is 21.6 Å². The van der Waals surface area contributed by atoms with Crippen LogP contribution in [0.5, 0.6) is 0 Å². The Morgan fingerprint density at radius 2 is 1.89 bits per heavy atom. The number of rotatable bonds is 4. The number of ketones is 2. The lowest BCUT2D eigenvalue weighted by atomic mass is 9.96. The van der Waals surface area contributed by atoms with E-state index in [9.17, 15) is 14.0 Å². The fourth-order valence-electron chi connectivity index (χ4n) is 3.14. The summed E-state index contributed by atoms with van der Waals surface area (Å²) in [5.41, 5.74) is 2.27. The first-order chi connectivity index (χ1) is 13.4. The molecule has 0 amide bonds. The number of pyridine rings is 1. The van der Waals surface area contributed by atoms with Gasteiger partial charge in [0.25, 0.3) is 0 Å². The molecule has 0 fully saturated rings. The highest BCUT2D eigenvalue weighted by atomic mass is 35.5. The molecule has 140 valence electrons. The van der Waals surface area contributed by atoms with Crippen molar-refractivity contribution < 1.29 is 14.0 Å². The number of nitrogens with zero attached hydrogens (tertiary/aromatic N) is 2. The molecule has 28 heavy (non-hydrogen) atoms. The van der Waals surface area contributed by atoms with E-state index in [1.807, 2.05) is 19.1 Å². The Bertz CT molecular complexity index is 1100. The fourth-order valence-corrected chi connectivity index (χ4v) is 4.22. The van der Waals surface area contributed by atoms with Crippen LogP contribution in [0.15, 0.2) is 54.2 Å². The second-order valence-corrected chi connectivity index (χ2v) is 8.12. The van der Waals surface area contributed by atoms with Crippen LogP contribution < -0.4 is 0 Å². The van der Waals surface area contributed by atoms with Gasteiger partial charge in [0, 0.05) is 33.2 Å². The molecule has 4 nitrogen and oxygen atoms in total. The monoisotopic (exact) mass is 412 g/mol.